The molecule has 0 heterocycles. The Hall–Kier alpha value is -2.34. The van der Waals surface area contributed by atoms with Crippen LogP contribution in [0.2, 0.25) is 5.02 Å². The number of amides is 1. The molecule has 6 nitrogen and oxygen atoms in total. The van der Waals surface area contributed by atoms with E-state index in [1.807, 2.05) is 13.0 Å². The number of aryl methyl sites for hydroxylation is 1. The number of nitriles is 1. The van der Waals surface area contributed by atoms with Gasteiger partial charge in [-0.3, -0.25) is 4.79 Å². The van der Waals surface area contributed by atoms with Crippen molar-refractivity contribution in [2.24, 2.45) is 0 Å². The van der Waals surface area contributed by atoms with Gasteiger partial charge in [0.15, 0.2) is 6.61 Å². The molecule has 9 heteroatoms. The second-order valence-electron chi connectivity index (χ2n) is 5.77. The van der Waals surface area contributed by atoms with E-state index in [1.54, 1.807) is 30.3 Å². The summed E-state index contributed by atoms with van der Waals surface area (Å²) in [6.07, 6.45) is 1.44. The van der Waals surface area contributed by atoms with E-state index in [9.17, 15) is 14.9 Å². The SMILES string of the molecule is COC(=O)COc1c(Br)cc(/C=C(/C#N)C(=O)Nc2ccc(C)c(Cl)c2)cc1Br. The zero-order valence-electron chi connectivity index (χ0n) is 15.4. The summed E-state index contributed by atoms with van der Waals surface area (Å²) in [5, 5.41) is 12.6. The number of methoxy groups -OCH3 is 1. The molecule has 0 aliphatic heterocycles. The van der Waals surface area contributed by atoms with Crippen molar-refractivity contribution >= 4 is 67.1 Å². The molecule has 1 amide bonds. The summed E-state index contributed by atoms with van der Waals surface area (Å²) in [6, 6.07) is 10.3. The van der Waals surface area contributed by atoms with E-state index < -0.39 is 11.9 Å². The maximum absolute atomic E-state index is 12.4. The predicted molar refractivity (Wildman–Crippen MR) is 118 cm³/mol. The Morgan fingerprint density at radius 2 is 1.90 bits per heavy atom. The standard InChI is InChI=1S/C20H15Br2ClN2O4/c1-11-3-4-14(8-17(11)23)25-20(27)13(9-24)5-12-6-15(21)19(16(22)7-12)29-10-18(26)28-2/h3-8H,10H2,1-2H3,(H,25,27)/b13-5-. The highest BCUT2D eigenvalue weighted by molar-refractivity contribution is 9.11. The number of rotatable bonds is 6. The summed E-state index contributed by atoms with van der Waals surface area (Å²) < 4.78 is 11.0. The van der Waals surface area contributed by atoms with Crippen LogP contribution in [0.25, 0.3) is 6.08 Å². The van der Waals surface area contributed by atoms with Crippen molar-refractivity contribution in [2.75, 3.05) is 19.0 Å². The first-order chi connectivity index (χ1) is 13.7. The highest BCUT2D eigenvalue weighted by atomic mass is 79.9. The van der Waals surface area contributed by atoms with Crippen LogP contribution in [0.15, 0.2) is 44.9 Å². The molecular weight excluding hydrogens is 527 g/mol. The Labute approximate surface area is 189 Å². The maximum Gasteiger partial charge on any atom is 0.343 e. The van der Waals surface area contributed by atoms with E-state index in [4.69, 9.17) is 16.3 Å². The first-order valence-corrected chi connectivity index (χ1v) is 10.1. The van der Waals surface area contributed by atoms with Crippen molar-refractivity contribution in [1.82, 2.24) is 0 Å². The lowest BCUT2D eigenvalue weighted by atomic mass is 10.1. The summed E-state index contributed by atoms with van der Waals surface area (Å²) in [5.41, 5.74) is 1.84. The molecule has 0 aliphatic carbocycles. The lowest BCUT2D eigenvalue weighted by Gasteiger charge is -2.11. The Kier molecular flexibility index (Phi) is 8.26. The third-order valence-corrected chi connectivity index (χ3v) is 5.27. The number of halogens is 3. The number of nitrogens with one attached hydrogen (secondary N) is 1. The molecule has 0 unspecified atom stereocenters. The fourth-order valence-electron chi connectivity index (χ4n) is 2.18. The minimum atomic E-state index is -0.564. The minimum absolute atomic E-state index is 0.0938. The molecule has 0 aromatic heterocycles. The second-order valence-corrected chi connectivity index (χ2v) is 7.88. The van der Waals surface area contributed by atoms with E-state index in [-0.39, 0.29) is 12.2 Å². The third-order valence-electron chi connectivity index (χ3n) is 3.69. The topological polar surface area (TPSA) is 88.4 Å². The van der Waals surface area contributed by atoms with Crippen LogP contribution < -0.4 is 10.1 Å². The van der Waals surface area contributed by atoms with Crippen molar-refractivity contribution in [2.45, 2.75) is 6.92 Å². The Balaban J connectivity index is 2.23. The van der Waals surface area contributed by atoms with Gasteiger partial charge in [0.2, 0.25) is 0 Å². The number of ether oxygens (including phenoxy) is 2. The zero-order valence-corrected chi connectivity index (χ0v) is 19.3. The Morgan fingerprint density at radius 3 is 2.45 bits per heavy atom. The molecule has 0 bridgehead atoms. The summed E-state index contributed by atoms with van der Waals surface area (Å²) in [7, 11) is 1.27. The van der Waals surface area contributed by atoms with E-state index in [0.29, 0.717) is 31.0 Å². The molecule has 1 N–H and O–H groups in total. The van der Waals surface area contributed by atoms with Crippen molar-refractivity contribution in [1.29, 1.82) is 5.26 Å². The monoisotopic (exact) mass is 540 g/mol. The van der Waals surface area contributed by atoms with Gasteiger partial charge in [-0.1, -0.05) is 17.7 Å². The third kappa shape index (κ3) is 6.32. The van der Waals surface area contributed by atoms with Gasteiger partial charge >= 0.3 is 5.97 Å². The van der Waals surface area contributed by atoms with Crippen LogP contribution in [0.1, 0.15) is 11.1 Å². The van der Waals surface area contributed by atoms with Gasteiger partial charge < -0.3 is 14.8 Å². The number of carbonyl (C=O) groups is 2. The largest absolute Gasteiger partial charge is 0.480 e. The predicted octanol–water partition coefficient (Wildman–Crippen LogP) is 5.27. The normalized spacial score (nSPS) is 10.8. The van der Waals surface area contributed by atoms with Gasteiger partial charge in [0.25, 0.3) is 5.91 Å². The molecule has 0 atom stereocenters. The molecule has 0 saturated carbocycles. The number of nitrogens with zero attached hydrogens (tertiary/aromatic N) is 1. The molecule has 2 rings (SSSR count). The fourth-order valence-corrected chi connectivity index (χ4v) is 3.81. The van der Waals surface area contributed by atoms with Crippen LogP contribution >= 0.6 is 43.5 Å². The molecule has 2 aromatic carbocycles. The van der Waals surface area contributed by atoms with Gasteiger partial charge in [0, 0.05) is 10.7 Å². The second kappa shape index (κ2) is 10.4. The summed E-state index contributed by atoms with van der Waals surface area (Å²) in [4.78, 5) is 23.7. The zero-order chi connectivity index (χ0) is 21.6. The summed E-state index contributed by atoms with van der Waals surface area (Å²) in [6.45, 7) is 1.59. The van der Waals surface area contributed by atoms with E-state index in [0.717, 1.165) is 5.56 Å². The van der Waals surface area contributed by atoms with Gasteiger partial charge in [-0.25, -0.2) is 4.79 Å². The molecule has 0 saturated heterocycles. The average Bonchev–Trinajstić information content (AvgIpc) is 2.67. The molecule has 0 radical (unpaired) electrons. The number of esters is 1. The molecule has 0 spiro atoms. The van der Waals surface area contributed by atoms with Gasteiger partial charge in [0.1, 0.15) is 17.4 Å². The lowest BCUT2D eigenvalue weighted by Crippen LogP contribution is -2.13. The molecular formula is C20H15Br2ClN2O4. The van der Waals surface area contributed by atoms with Crippen LogP contribution in [0.4, 0.5) is 5.69 Å². The van der Waals surface area contributed by atoms with Crippen molar-refractivity contribution in [3.05, 3.63) is 61.0 Å². The van der Waals surface area contributed by atoms with Crippen LogP contribution in [0.3, 0.4) is 0 Å². The summed E-state index contributed by atoms with van der Waals surface area (Å²) in [5.74, 6) is -0.692. The van der Waals surface area contributed by atoms with E-state index in [2.05, 4.69) is 41.9 Å². The highest BCUT2D eigenvalue weighted by Gasteiger charge is 2.14. The number of benzene rings is 2. The molecule has 0 fully saturated rings. The molecule has 0 aliphatic rings. The maximum atomic E-state index is 12.4. The number of carbonyl (C=O) groups excluding carboxylic acids is 2. The van der Waals surface area contributed by atoms with Crippen molar-refractivity contribution < 1.29 is 19.1 Å². The molecule has 29 heavy (non-hydrogen) atoms. The van der Waals surface area contributed by atoms with Gasteiger partial charge in [-0.2, -0.15) is 5.26 Å². The quantitative estimate of drug-likeness (QED) is 0.305. The average molecular weight is 543 g/mol. The fraction of sp³-hybridized carbons (Fsp3) is 0.150. The van der Waals surface area contributed by atoms with Gasteiger partial charge in [-0.05, 0) is 80.3 Å². The Bertz CT molecular complexity index is 1010. The number of hydrogen-bond acceptors (Lipinski definition) is 5. The Morgan fingerprint density at radius 1 is 1.24 bits per heavy atom. The summed E-state index contributed by atoms with van der Waals surface area (Å²) >= 11 is 12.8. The van der Waals surface area contributed by atoms with Crippen LogP contribution in [-0.4, -0.2) is 25.6 Å². The molecule has 2 aromatic rings. The van der Waals surface area contributed by atoms with Crippen molar-refractivity contribution in [3.8, 4) is 11.8 Å². The van der Waals surface area contributed by atoms with Crippen LogP contribution in [0, 0.1) is 18.3 Å². The van der Waals surface area contributed by atoms with Gasteiger partial charge in [0.05, 0.1) is 16.1 Å². The first kappa shape index (κ1) is 22.9. The number of hydrogen-bond donors (Lipinski definition) is 1. The van der Waals surface area contributed by atoms with Gasteiger partial charge in [-0.15, -0.1) is 0 Å². The van der Waals surface area contributed by atoms with Crippen LogP contribution in [-0.2, 0) is 14.3 Å². The van der Waals surface area contributed by atoms with E-state index >= 15 is 0 Å². The minimum Gasteiger partial charge on any atom is -0.480 e. The van der Waals surface area contributed by atoms with Crippen LogP contribution in [0.5, 0.6) is 5.75 Å². The van der Waals surface area contributed by atoms with E-state index in [1.165, 1.54) is 13.2 Å². The number of anilines is 1. The highest BCUT2D eigenvalue weighted by Crippen LogP contribution is 2.35. The lowest BCUT2D eigenvalue weighted by molar-refractivity contribution is -0.142. The molecule has 150 valence electrons. The van der Waals surface area contributed by atoms with Crippen molar-refractivity contribution in [3.63, 3.8) is 0 Å². The smallest absolute Gasteiger partial charge is 0.343 e. The first-order valence-electron chi connectivity index (χ1n) is 8.13.